The van der Waals surface area contributed by atoms with Gasteiger partial charge in [-0.15, -0.1) is 0 Å². The summed E-state index contributed by atoms with van der Waals surface area (Å²) in [6, 6.07) is 12.8. The van der Waals surface area contributed by atoms with E-state index in [1.165, 1.54) is 4.90 Å². The molecule has 1 heterocycles. The number of benzene rings is 2. The number of carbonyl (C=O) groups is 2. The molecular weight excluding hydrogens is 408 g/mol. The molecule has 138 valence electrons. The number of likely N-dealkylation sites (N-methyl/N-ethyl adjacent to an activating group) is 1. The standard InChI is InChI=1S/C20H19BrN4O2/c1-14-11-16(21)5-8-18(14)23-19(26)12-24(2)20(27)15-3-6-17(7-4-15)25-10-9-22-13-25/h3-11,13H,12H2,1-2H3,(H,23,26). The maximum Gasteiger partial charge on any atom is 0.254 e. The van der Waals surface area contributed by atoms with Gasteiger partial charge in [0.05, 0.1) is 12.9 Å². The van der Waals surface area contributed by atoms with Crippen molar-refractivity contribution in [1.29, 1.82) is 0 Å². The van der Waals surface area contributed by atoms with Crippen LogP contribution < -0.4 is 5.32 Å². The number of hydrogen-bond acceptors (Lipinski definition) is 3. The Bertz CT molecular complexity index is 953. The first-order valence-electron chi connectivity index (χ1n) is 8.34. The molecule has 0 aliphatic heterocycles. The molecule has 0 atom stereocenters. The fourth-order valence-electron chi connectivity index (χ4n) is 2.65. The van der Waals surface area contributed by atoms with E-state index in [0.717, 1.165) is 21.4 Å². The number of carbonyl (C=O) groups excluding carboxylic acids is 2. The highest BCUT2D eigenvalue weighted by Gasteiger charge is 2.15. The summed E-state index contributed by atoms with van der Waals surface area (Å²) in [7, 11) is 1.61. The maximum absolute atomic E-state index is 12.6. The number of amides is 2. The summed E-state index contributed by atoms with van der Waals surface area (Å²) in [6.07, 6.45) is 5.22. The molecule has 27 heavy (non-hydrogen) atoms. The van der Waals surface area contributed by atoms with Crippen molar-refractivity contribution in [2.24, 2.45) is 0 Å². The van der Waals surface area contributed by atoms with Gasteiger partial charge >= 0.3 is 0 Å². The number of imidazole rings is 1. The first-order valence-corrected chi connectivity index (χ1v) is 9.13. The molecule has 0 saturated heterocycles. The van der Waals surface area contributed by atoms with Crippen LogP contribution in [0.4, 0.5) is 5.69 Å². The number of hydrogen-bond donors (Lipinski definition) is 1. The van der Waals surface area contributed by atoms with E-state index in [9.17, 15) is 9.59 Å². The molecule has 0 saturated carbocycles. The average Bonchev–Trinajstić information content (AvgIpc) is 3.18. The average molecular weight is 427 g/mol. The van der Waals surface area contributed by atoms with Crippen LogP contribution in [0.5, 0.6) is 0 Å². The third-order valence-corrected chi connectivity index (χ3v) is 4.60. The third-order valence-electron chi connectivity index (χ3n) is 4.11. The van der Waals surface area contributed by atoms with Crippen LogP contribution in [0.15, 0.2) is 65.7 Å². The molecule has 0 aliphatic carbocycles. The van der Waals surface area contributed by atoms with Gasteiger partial charge in [0.2, 0.25) is 5.91 Å². The van der Waals surface area contributed by atoms with Gasteiger partial charge in [0, 0.05) is 40.9 Å². The van der Waals surface area contributed by atoms with E-state index < -0.39 is 0 Å². The van der Waals surface area contributed by atoms with Gasteiger partial charge in [-0.25, -0.2) is 4.98 Å². The number of nitrogens with one attached hydrogen (secondary N) is 1. The second-order valence-corrected chi connectivity index (χ2v) is 7.10. The lowest BCUT2D eigenvalue weighted by atomic mass is 10.2. The Morgan fingerprint density at radius 2 is 1.93 bits per heavy atom. The van der Waals surface area contributed by atoms with Crippen molar-refractivity contribution in [3.05, 3.63) is 76.8 Å². The van der Waals surface area contributed by atoms with E-state index in [-0.39, 0.29) is 18.4 Å². The Morgan fingerprint density at radius 1 is 1.19 bits per heavy atom. The fraction of sp³-hybridized carbons (Fsp3) is 0.150. The van der Waals surface area contributed by atoms with E-state index in [1.54, 1.807) is 31.7 Å². The van der Waals surface area contributed by atoms with E-state index >= 15 is 0 Å². The molecule has 0 fully saturated rings. The molecule has 3 rings (SSSR count). The lowest BCUT2D eigenvalue weighted by Gasteiger charge is -2.17. The molecule has 6 nitrogen and oxygen atoms in total. The molecule has 0 spiro atoms. The van der Waals surface area contributed by atoms with Crippen LogP contribution in [-0.2, 0) is 4.79 Å². The monoisotopic (exact) mass is 426 g/mol. The molecular formula is C20H19BrN4O2. The van der Waals surface area contributed by atoms with Crippen LogP contribution >= 0.6 is 15.9 Å². The molecule has 0 radical (unpaired) electrons. The van der Waals surface area contributed by atoms with Gasteiger partial charge < -0.3 is 14.8 Å². The van der Waals surface area contributed by atoms with Gasteiger partial charge in [-0.2, -0.15) is 0 Å². The molecule has 0 aliphatic rings. The predicted molar refractivity (Wildman–Crippen MR) is 108 cm³/mol. The van der Waals surface area contributed by atoms with Crippen molar-refractivity contribution in [3.8, 4) is 5.69 Å². The quantitative estimate of drug-likeness (QED) is 0.676. The van der Waals surface area contributed by atoms with Gasteiger partial charge in [-0.05, 0) is 55.0 Å². The lowest BCUT2D eigenvalue weighted by Crippen LogP contribution is -2.35. The van der Waals surface area contributed by atoms with Crippen molar-refractivity contribution >= 4 is 33.4 Å². The van der Waals surface area contributed by atoms with Gasteiger partial charge in [-0.1, -0.05) is 15.9 Å². The third kappa shape index (κ3) is 4.62. The van der Waals surface area contributed by atoms with Gasteiger partial charge in [-0.3, -0.25) is 9.59 Å². The summed E-state index contributed by atoms with van der Waals surface area (Å²) in [4.78, 5) is 30.2. The Kier molecular flexibility index (Phi) is 5.71. The van der Waals surface area contributed by atoms with Crippen molar-refractivity contribution in [2.75, 3.05) is 18.9 Å². The van der Waals surface area contributed by atoms with Gasteiger partial charge in [0.15, 0.2) is 0 Å². The SMILES string of the molecule is Cc1cc(Br)ccc1NC(=O)CN(C)C(=O)c1ccc(-n2ccnc2)cc1. The van der Waals surface area contributed by atoms with Gasteiger partial charge in [0.25, 0.3) is 5.91 Å². The van der Waals surface area contributed by atoms with Gasteiger partial charge in [0.1, 0.15) is 0 Å². The van der Waals surface area contributed by atoms with Crippen molar-refractivity contribution < 1.29 is 9.59 Å². The molecule has 0 bridgehead atoms. The smallest absolute Gasteiger partial charge is 0.254 e. The minimum atomic E-state index is -0.244. The topological polar surface area (TPSA) is 67.2 Å². The number of nitrogens with zero attached hydrogens (tertiary/aromatic N) is 3. The zero-order chi connectivity index (χ0) is 19.4. The molecule has 7 heteroatoms. The summed E-state index contributed by atoms with van der Waals surface area (Å²) in [6.45, 7) is 1.88. The van der Waals surface area contributed by atoms with E-state index in [4.69, 9.17) is 0 Å². The summed E-state index contributed by atoms with van der Waals surface area (Å²) < 4.78 is 2.80. The Balaban J connectivity index is 1.62. The zero-order valence-corrected chi connectivity index (χ0v) is 16.6. The normalized spacial score (nSPS) is 10.5. The zero-order valence-electron chi connectivity index (χ0n) is 15.0. The first kappa shape index (κ1) is 18.8. The van der Waals surface area contributed by atoms with E-state index in [1.807, 2.05) is 48.0 Å². The summed E-state index contributed by atoms with van der Waals surface area (Å²) in [5, 5.41) is 2.84. The highest BCUT2D eigenvalue weighted by atomic mass is 79.9. The Labute approximate surface area is 166 Å². The lowest BCUT2D eigenvalue weighted by molar-refractivity contribution is -0.116. The molecule has 3 aromatic rings. The highest BCUT2D eigenvalue weighted by molar-refractivity contribution is 9.10. The van der Waals surface area contributed by atoms with Crippen LogP contribution in [0.2, 0.25) is 0 Å². The number of aromatic nitrogens is 2. The molecule has 1 N–H and O–H groups in total. The highest BCUT2D eigenvalue weighted by Crippen LogP contribution is 2.20. The second kappa shape index (κ2) is 8.18. The molecule has 2 amide bonds. The minimum absolute atomic E-state index is 0.0301. The summed E-state index contributed by atoms with van der Waals surface area (Å²) in [5.41, 5.74) is 3.11. The van der Waals surface area contributed by atoms with Crippen LogP contribution in [-0.4, -0.2) is 39.9 Å². The van der Waals surface area contributed by atoms with Crippen LogP contribution in [0, 0.1) is 6.92 Å². The Hall–Kier alpha value is -2.93. The summed E-state index contributed by atoms with van der Waals surface area (Å²) in [5.74, 6) is -0.457. The van der Waals surface area contributed by atoms with Crippen LogP contribution in [0.3, 0.4) is 0 Å². The minimum Gasteiger partial charge on any atom is -0.332 e. The largest absolute Gasteiger partial charge is 0.332 e. The van der Waals surface area contributed by atoms with Crippen molar-refractivity contribution in [3.63, 3.8) is 0 Å². The van der Waals surface area contributed by atoms with Crippen molar-refractivity contribution in [2.45, 2.75) is 6.92 Å². The fourth-order valence-corrected chi connectivity index (χ4v) is 3.13. The molecule has 2 aromatic carbocycles. The van der Waals surface area contributed by atoms with Crippen LogP contribution in [0.25, 0.3) is 5.69 Å². The maximum atomic E-state index is 12.6. The number of aryl methyl sites for hydroxylation is 1. The molecule has 1 aromatic heterocycles. The number of halogens is 1. The predicted octanol–water partition coefficient (Wildman–Crippen LogP) is 3.65. The van der Waals surface area contributed by atoms with Crippen LogP contribution in [0.1, 0.15) is 15.9 Å². The van der Waals surface area contributed by atoms with E-state index in [0.29, 0.717) is 5.56 Å². The summed E-state index contributed by atoms with van der Waals surface area (Å²) >= 11 is 3.39. The second-order valence-electron chi connectivity index (χ2n) is 6.19. The Morgan fingerprint density at radius 3 is 2.56 bits per heavy atom. The molecule has 0 unspecified atom stereocenters. The number of anilines is 1. The van der Waals surface area contributed by atoms with Crippen molar-refractivity contribution in [1.82, 2.24) is 14.5 Å². The van der Waals surface area contributed by atoms with E-state index in [2.05, 4.69) is 26.2 Å². The first-order chi connectivity index (χ1) is 12.9. The number of rotatable bonds is 5.